The summed E-state index contributed by atoms with van der Waals surface area (Å²) >= 11 is 1.49. The number of amides is 2. The number of hydrogen-bond acceptors (Lipinski definition) is 4. The fraction of sp³-hybridized carbons (Fsp3) is 0.529. The van der Waals surface area contributed by atoms with Gasteiger partial charge in [0.1, 0.15) is 0 Å². The van der Waals surface area contributed by atoms with Gasteiger partial charge in [-0.2, -0.15) is 0 Å². The first-order valence-corrected chi connectivity index (χ1v) is 9.11. The van der Waals surface area contributed by atoms with Crippen molar-refractivity contribution in [1.82, 2.24) is 15.2 Å². The Hall–Kier alpha value is -1.66. The molecule has 1 fully saturated rings. The molecule has 2 aromatic rings. The van der Waals surface area contributed by atoms with Crippen LogP contribution < -0.4 is 10.6 Å². The topological polar surface area (TPSA) is 57.3 Å². The molecule has 0 saturated carbocycles. The molecule has 1 aromatic carbocycles. The Morgan fingerprint density at radius 3 is 2.78 bits per heavy atom. The van der Waals surface area contributed by atoms with Gasteiger partial charge in [-0.25, -0.2) is 9.78 Å². The first kappa shape index (κ1) is 16.2. The van der Waals surface area contributed by atoms with Crippen molar-refractivity contribution < 1.29 is 4.79 Å². The highest BCUT2D eigenvalue weighted by Gasteiger charge is 2.23. The van der Waals surface area contributed by atoms with E-state index in [1.165, 1.54) is 30.6 Å². The number of carbonyl (C=O) groups excluding carboxylic acids is 1. The molecule has 1 aromatic heterocycles. The number of likely N-dealkylation sites (tertiary alicyclic amines) is 1. The van der Waals surface area contributed by atoms with Gasteiger partial charge in [0, 0.05) is 25.2 Å². The van der Waals surface area contributed by atoms with Crippen LogP contribution in [0.15, 0.2) is 24.3 Å². The fourth-order valence-corrected chi connectivity index (χ4v) is 4.14. The molecule has 0 spiro atoms. The molecule has 2 atom stereocenters. The van der Waals surface area contributed by atoms with E-state index in [1.807, 2.05) is 24.3 Å². The number of thiazole rings is 1. The summed E-state index contributed by atoms with van der Waals surface area (Å²) in [5, 5.41) is 6.41. The predicted molar refractivity (Wildman–Crippen MR) is 96.1 cm³/mol. The second-order valence-corrected chi connectivity index (χ2v) is 7.27. The molecule has 0 bridgehead atoms. The standard InChI is InChI=1S/C17H24N4OS/c1-12-6-5-7-13(2)21(12)11-10-18-16(22)20-17-19-14-8-3-4-9-15(14)23-17/h3-4,8-9,12-13H,5-7,10-11H2,1-2H3,(H2,18,19,20,22). The highest BCUT2D eigenvalue weighted by Crippen LogP contribution is 2.25. The summed E-state index contributed by atoms with van der Waals surface area (Å²) in [6.45, 7) is 6.11. The molecule has 2 amide bonds. The molecule has 3 rings (SSSR count). The van der Waals surface area contributed by atoms with Gasteiger partial charge in [-0.3, -0.25) is 10.2 Å². The average Bonchev–Trinajstić information content (AvgIpc) is 2.92. The van der Waals surface area contributed by atoms with Crippen LogP contribution in [-0.4, -0.2) is 41.1 Å². The zero-order chi connectivity index (χ0) is 16.2. The molecule has 2 unspecified atom stereocenters. The third-order valence-corrected chi connectivity index (χ3v) is 5.50. The van der Waals surface area contributed by atoms with Gasteiger partial charge in [0.05, 0.1) is 10.2 Å². The lowest BCUT2D eigenvalue weighted by Gasteiger charge is -2.38. The van der Waals surface area contributed by atoms with E-state index in [2.05, 4.69) is 34.4 Å². The van der Waals surface area contributed by atoms with E-state index < -0.39 is 0 Å². The Labute approximate surface area is 141 Å². The highest BCUT2D eigenvalue weighted by atomic mass is 32.1. The van der Waals surface area contributed by atoms with Crippen LogP contribution in [0.3, 0.4) is 0 Å². The van der Waals surface area contributed by atoms with E-state index in [-0.39, 0.29) is 6.03 Å². The van der Waals surface area contributed by atoms with E-state index in [0.717, 1.165) is 16.8 Å². The summed E-state index contributed by atoms with van der Waals surface area (Å²) in [4.78, 5) is 18.9. The van der Waals surface area contributed by atoms with E-state index in [1.54, 1.807) is 0 Å². The number of nitrogens with zero attached hydrogens (tertiary/aromatic N) is 2. The molecular formula is C17H24N4OS. The number of benzene rings is 1. The van der Waals surface area contributed by atoms with Crippen molar-refractivity contribution >= 4 is 32.7 Å². The number of urea groups is 1. The quantitative estimate of drug-likeness (QED) is 0.898. The van der Waals surface area contributed by atoms with Crippen LogP contribution in [0.25, 0.3) is 10.2 Å². The third kappa shape index (κ3) is 4.00. The molecule has 2 heterocycles. The number of carbonyl (C=O) groups is 1. The van der Waals surface area contributed by atoms with Crippen molar-refractivity contribution in [2.45, 2.75) is 45.2 Å². The maximum Gasteiger partial charge on any atom is 0.321 e. The predicted octanol–water partition coefficient (Wildman–Crippen LogP) is 3.68. The molecular weight excluding hydrogens is 308 g/mol. The first-order valence-electron chi connectivity index (χ1n) is 8.29. The number of rotatable bonds is 4. The van der Waals surface area contributed by atoms with E-state index in [9.17, 15) is 4.79 Å². The van der Waals surface area contributed by atoms with Gasteiger partial charge in [0.2, 0.25) is 0 Å². The Kier molecular flexibility index (Phi) is 5.13. The highest BCUT2D eigenvalue weighted by molar-refractivity contribution is 7.22. The minimum Gasteiger partial charge on any atom is -0.337 e. The van der Waals surface area contributed by atoms with Crippen LogP contribution in [0, 0.1) is 0 Å². The number of fused-ring (bicyclic) bond motifs is 1. The number of para-hydroxylation sites is 1. The van der Waals surface area contributed by atoms with E-state index in [4.69, 9.17) is 0 Å². The minimum absolute atomic E-state index is 0.179. The van der Waals surface area contributed by atoms with Crippen molar-refractivity contribution in [2.75, 3.05) is 18.4 Å². The Morgan fingerprint density at radius 2 is 2.04 bits per heavy atom. The first-order chi connectivity index (χ1) is 11.1. The normalized spacial score (nSPS) is 22.2. The van der Waals surface area contributed by atoms with Crippen molar-refractivity contribution in [1.29, 1.82) is 0 Å². The zero-order valence-corrected chi connectivity index (χ0v) is 14.5. The van der Waals surface area contributed by atoms with Gasteiger partial charge >= 0.3 is 6.03 Å². The van der Waals surface area contributed by atoms with Gasteiger partial charge in [-0.15, -0.1) is 0 Å². The van der Waals surface area contributed by atoms with Crippen molar-refractivity contribution in [3.8, 4) is 0 Å². The second kappa shape index (κ2) is 7.27. The van der Waals surface area contributed by atoms with Crippen molar-refractivity contribution in [3.05, 3.63) is 24.3 Å². The molecule has 1 aliphatic rings. The summed E-state index contributed by atoms with van der Waals surface area (Å²) in [7, 11) is 0. The molecule has 6 heteroatoms. The van der Waals surface area contributed by atoms with Crippen molar-refractivity contribution in [2.24, 2.45) is 0 Å². The largest absolute Gasteiger partial charge is 0.337 e. The molecule has 2 N–H and O–H groups in total. The number of aromatic nitrogens is 1. The van der Waals surface area contributed by atoms with Crippen LogP contribution >= 0.6 is 11.3 Å². The lowest BCUT2D eigenvalue weighted by atomic mass is 9.98. The van der Waals surface area contributed by atoms with Crippen LogP contribution in [-0.2, 0) is 0 Å². The maximum atomic E-state index is 12.0. The lowest BCUT2D eigenvalue weighted by molar-refractivity contribution is 0.105. The van der Waals surface area contributed by atoms with Gasteiger partial charge < -0.3 is 5.32 Å². The number of anilines is 1. The van der Waals surface area contributed by atoms with Crippen molar-refractivity contribution in [3.63, 3.8) is 0 Å². The third-order valence-electron chi connectivity index (χ3n) is 4.55. The average molecular weight is 332 g/mol. The SMILES string of the molecule is CC1CCCC(C)N1CCNC(=O)Nc1nc2ccccc2s1. The molecule has 0 aliphatic carbocycles. The molecule has 0 radical (unpaired) electrons. The zero-order valence-electron chi connectivity index (χ0n) is 13.7. The molecule has 1 saturated heterocycles. The van der Waals surface area contributed by atoms with Crippen LogP contribution in [0.1, 0.15) is 33.1 Å². The number of piperidine rings is 1. The van der Waals surface area contributed by atoms with Gasteiger partial charge in [0.15, 0.2) is 5.13 Å². The molecule has 124 valence electrons. The van der Waals surface area contributed by atoms with Crippen LogP contribution in [0.4, 0.5) is 9.93 Å². The summed E-state index contributed by atoms with van der Waals surface area (Å²) in [6.07, 6.45) is 3.81. The smallest absolute Gasteiger partial charge is 0.321 e. The Bertz CT molecular complexity index is 628. The van der Waals surface area contributed by atoms with Gasteiger partial charge in [0.25, 0.3) is 0 Å². The monoisotopic (exact) mass is 332 g/mol. The fourth-order valence-electron chi connectivity index (χ4n) is 3.28. The molecule has 5 nitrogen and oxygen atoms in total. The number of nitrogens with one attached hydrogen (secondary N) is 2. The van der Waals surface area contributed by atoms with Crippen LogP contribution in [0.2, 0.25) is 0 Å². The second-order valence-electron chi connectivity index (χ2n) is 6.23. The Morgan fingerprint density at radius 1 is 1.30 bits per heavy atom. The summed E-state index contributed by atoms with van der Waals surface area (Å²) in [5.41, 5.74) is 0.920. The summed E-state index contributed by atoms with van der Waals surface area (Å²) in [5.74, 6) is 0. The molecule has 1 aliphatic heterocycles. The van der Waals surface area contributed by atoms with Crippen LogP contribution in [0.5, 0.6) is 0 Å². The Balaban J connectivity index is 1.47. The van der Waals surface area contributed by atoms with Gasteiger partial charge in [-0.1, -0.05) is 29.9 Å². The number of hydrogen-bond donors (Lipinski definition) is 2. The maximum absolute atomic E-state index is 12.0. The van der Waals surface area contributed by atoms with E-state index >= 15 is 0 Å². The summed E-state index contributed by atoms with van der Waals surface area (Å²) < 4.78 is 1.08. The summed E-state index contributed by atoms with van der Waals surface area (Å²) in [6, 6.07) is 8.92. The van der Waals surface area contributed by atoms with E-state index in [0.29, 0.717) is 23.8 Å². The minimum atomic E-state index is -0.179. The van der Waals surface area contributed by atoms with Gasteiger partial charge in [-0.05, 0) is 38.8 Å². The molecule has 23 heavy (non-hydrogen) atoms. The lowest BCUT2D eigenvalue weighted by Crippen LogP contribution is -2.47.